The number of hydrogen-bond acceptors (Lipinski definition) is 4. The molecular weight excluding hydrogens is 230 g/mol. The van der Waals surface area contributed by atoms with E-state index in [0.717, 1.165) is 5.69 Å². The van der Waals surface area contributed by atoms with Crippen LogP contribution in [-0.2, 0) is 16.1 Å². The van der Waals surface area contributed by atoms with E-state index in [9.17, 15) is 4.79 Å². The van der Waals surface area contributed by atoms with Crippen LogP contribution in [0.5, 0.6) is 0 Å². The number of hydrogen-bond donors (Lipinski definition) is 1. The van der Waals surface area contributed by atoms with Gasteiger partial charge in [0.05, 0.1) is 18.8 Å². The maximum absolute atomic E-state index is 11.2. The molecule has 1 fully saturated rings. The highest BCUT2D eigenvalue weighted by Crippen LogP contribution is 2.28. The largest absolute Gasteiger partial charge is 0.468 e. The Balaban J connectivity index is 1.85. The monoisotopic (exact) mass is 251 g/mol. The summed E-state index contributed by atoms with van der Waals surface area (Å²) in [5.74, 6) is -0.245. The van der Waals surface area contributed by atoms with Crippen LogP contribution in [0.25, 0.3) is 0 Å². The van der Waals surface area contributed by atoms with Gasteiger partial charge in [-0.3, -0.25) is 14.8 Å². The second-order valence-corrected chi connectivity index (χ2v) is 4.85. The normalized spacial score (nSPS) is 17.9. The molecule has 0 radical (unpaired) electrons. The first-order valence-electron chi connectivity index (χ1n) is 6.56. The second kappa shape index (κ2) is 6.00. The molecule has 1 aliphatic rings. The number of carbonyl (C=O) groups excluding carboxylic acids is 1. The number of methoxy groups -OCH3 is 1. The second-order valence-electron chi connectivity index (χ2n) is 4.85. The summed E-state index contributed by atoms with van der Waals surface area (Å²) < 4.78 is 6.72. The average molecular weight is 251 g/mol. The van der Waals surface area contributed by atoms with Crippen molar-refractivity contribution in [2.24, 2.45) is 0 Å². The molecule has 1 aromatic rings. The molecule has 0 aliphatic heterocycles. The topological polar surface area (TPSA) is 56.1 Å². The Morgan fingerprint density at radius 3 is 3.00 bits per heavy atom. The smallest absolute Gasteiger partial charge is 0.322 e. The van der Waals surface area contributed by atoms with Gasteiger partial charge in [0.25, 0.3) is 0 Å². The molecule has 5 heteroatoms. The summed E-state index contributed by atoms with van der Waals surface area (Å²) in [5.41, 5.74) is 0.970. The van der Waals surface area contributed by atoms with Crippen molar-refractivity contribution in [1.29, 1.82) is 0 Å². The molecule has 1 heterocycles. The van der Waals surface area contributed by atoms with Crippen LogP contribution in [0.1, 0.15) is 44.3 Å². The molecule has 0 amide bonds. The molecule has 1 unspecified atom stereocenters. The molecule has 1 atom stereocenters. The Kier molecular flexibility index (Phi) is 4.36. The summed E-state index contributed by atoms with van der Waals surface area (Å²) in [6.07, 6.45) is 7.10. The Morgan fingerprint density at radius 2 is 2.33 bits per heavy atom. The average Bonchev–Trinajstić information content (AvgIpc) is 3.04. The summed E-state index contributed by atoms with van der Waals surface area (Å²) in [6, 6.07) is 2.28. The van der Waals surface area contributed by atoms with Gasteiger partial charge in [-0.25, -0.2) is 0 Å². The molecule has 18 heavy (non-hydrogen) atoms. The lowest BCUT2D eigenvalue weighted by Gasteiger charge is -2.11. The van der Waals surface area contributed by atoms with Crippen molar-refractivity contribution in [3.05, 3.63) is 18.0 Å². The Labute approximate surface area is 108 Å². The minimum atomic E-state index is -0.299. The van der Waals surface area contributed by atoms with Gasteiger partial charge in [-0.1, -0.05) is 12.8 Å². The van der Waals surface area contributed by atoms with Gasteiger partial charge in [-0.05, 0) is 25.8 Å². The lowest BCUT2D eigenvalue weighted by molar-refractivity contribution is -0.142. The zero-order valence-electron chi connectivity index (χ0n) is 11.1. The standard InChI is InChI=1S/C13H21N3O2/c1-10(13(17)18-2)14-9-11-7-8-16(15-11)12-5-3-4-6-12/h7-8,10,12,14H,3-6,9H2,1-2H3. The van der Waals surface area contributed by atoms with E-state index >= 15 is 0 Å². The summed E-state index contributed by atoms with van der Waals surface area (Å²) in [5, 5.41) is 7.65. The van der Waals surface area contributed by atoms with E-state index in [1.54, 1.807) is 6.92 Å². The predicted molar refractivity (Wildman–Crippen MR) is 68.0 cm³/mol. The molecule has 0 saturated heterocycles. The third kappa shape index (κ3) is 3.10. The highest BCUT2D eigenvalue weighted by molar-refractivity contribution is 5.75. The first-order valence-corrected chi connectivity index (χ1v) is 6.56. The van der Waals surface area contributed by atoms with Gasteiger partial charge in [0, 0.05) is 12.7 Å². The SMILES string of the molecule is COC(=O)C(C)NCc1ccn(C2CCCC2)n1. The van der Waals surface area contributed by atoms with Gasteiger partial charge in [0.15, 0.2) is 0 Å². The van der Waals surface area contributed by atoms with Crippen LogP contribution in [0.2, 0.25) is 0 Å². The van der Waals surface area contributed by atoms with E-state index in [2.05, 4.69) is 19.8 Å². The van der Waals surface area contributed by atoms with Crippen LogP contribution in [0.4, 0.5) is 0 Å². The number of aromatic nitrogens is 2. The number of esters is 1. The van der Waals surface area contributed by atoms with Crippen molar-refractivity contribution < 1.29 is 9.53 Å². The summed E-state index contributed by atoms with van der Waals surface area (Å²) in [7, 11) is 1.40. The quantitative estimate of drug-likeness (QED) is 0.808. The molecule has 0 spiro atoms. The zero-order valence-corrected chi connectivity index (χ0v) is 11.1. The first kappa shape index (κ1) is 13.1. The fourth-order valence-electron chi connectivity index (χ4n) is 2.36. The highest BCUT2D eigenvalue weighted by atomic mass is 16.5. The van der Waals surface area contributed by atoms with Crippen molar-refractivity contribution in [2.75, 3.05) is 7.11 Å². The minimum Gasteiger partial charge on any atom is -0.468 e. The van der Waals surface area contributed by atoms with E-state index in [1.165, 1.54) is 32.8 Å². The number of nitrogens with zero attached hydrogens (tertiary/aromatic N) is 2. The minimum absolute atomic E-state index is 0.245. The summed E-state index contributed by atoms with van der Waals surface area (Å²) >= 11 is 0. The van der Waals surface area contributed by atoms with Crippen molar-refractivity contribution in [3.8, 4) is 0 Å². The van der Waals surface area contributed by atoms with Crippen LogP contribution in [-0.4, -0.2) is 28.9 Å². The van der Waals surface area contributed by atoms with Gasteiger partial charge in [-0.2, -0.15) is 5.10 Å². The van der Waals surface area contributed by atoms with Crippen molar-refractivity contribution in [2.45, 2.75) is 51.2 Å². The van der Waals surface area contributed by atoms with E-state index in [0.29, 0.717) is 12.6 Å². The van der Waals surface area contributed by atoms with E-state index in [1.807, 2.05) is 12.3 Å². The number of ether oxygens (including phenoxy) is 1. The molecule has 0 aromatic carbocycles. The number of carbonyl (C=O) groups is 1. The summed E-state index contributed by atoms with van der Waals surface area (Å²) in [4.78, 5) is 11.2. The van der Waals surface area contributed by atoms with Gasteiger partial charge in [0.2, 0.25) is 0 Å². The van der Waals surface area contributed by atoms with Crippen LogP contribution < -0.4 is 5.32 Å². The fraction of sp³-hybridized carbons (Fsp3) is 0.692. The fourth-order valence-corrected chi connectivity index (χ4v) is 2.36. The lowest BCUT2D eigenvalue weighted by Crippen LogP contribution is -2.34. The van der Waals surface area contributed by atoms with Gasteiger partial charge in [-0.15, -0.1) is 0 Å². The van der Waals surface area contributed by atoms with Crippen LogP contribution in [0.15, 0.2) is 12.3 Å². The zero-order chi connectivity index (χ0) is 13.0. The predicted octanol–water partition coefficient (Wildman–Crippen LogP) is 1.65. The maximum Gasteiger partial charge on any atom is 0.322 e. The highest BCUT2D eigenvalue weighted by Gasteiger charge is 2.18. The molecule has 1 aliphatic carbocycles. The number of rotatable bonds is 5. The first-order chi connectivity index (χ1) is 8.70. The number of nitrogens with one attached hydrogen (secondary N) is 1. The molecule has 5 nitrogen and oxygen atoms in total. The van der Waals surface area contributed by atoms with Crippen LogP contribution in [0, 0.1) is 0 Å². The molecule has 1 aromatic heterocycles. The molecule has 1 saturated carbocycles. The van der Waals surface area contributed by atoms with Gasteiger partial charge in [0.1, 0.15) is 6.04 Å². The van der Waals surface area contributed by atoms with Crippen LogP contribution >= 0.6 is 0 Å². The molecule has 2 rings (SSSR count). The van der Waals surface area contributed by atoms with Gasteiger partial charge >= 0.3 is 5.97 Å². The Hall–Kier alpha value is -1.36. The molecular formula is C13H21N3O2. The van der Waals surface area contributed by atoms with Crippen LogP contribution in [0.3, 0.4) is 0 Å². The Bertz CT molecular complexity index is 397. The third-order valence-corrected chi connectivity index (χ3v) is 3.51. The van der Waals surface area contributed by atoms with Crippen molar-refractivity contribution in [3.63, 3.8) is 0 Å². The van der Waals surface area contributed by atoms with Crippen molar-refractivity contribution >= 4 is 5.97 Å². The molecule has 100 valence electrons. The molecule has 0 bridgehead atoms. The maximum atomic E-state index is 11.2. The van der Waals surface area contributed by atoms with E-state index in [4.69, 9.17) is 0 Å². The molecule has 1 N–H and O–H groups in total. The third-order valence-electron chi connectivity index (χ3n) is 3.51. The van der Waals surface area contributed by atoms with E-state index in [-0.39, 0.29) is 12.0 Å². The van der Waals surface area contributed by atoms with Gasteiger partial charge < -0.3 is 4.74 Å². The lowest BCUT2D eigenvalue weighted by atomic mass is 10.3. The summed E-state index contributed by atoms with van der Waals surface area (Å²) in [6.45, 7) is 2.38. The van der Waals surface area contributed by atoms with E-state index < -0.39 is 0 Å². The Morgan fingerprint density at radius 1 is 1.61 bits per heavy atom. The van der Waals surface area contributed by atoms with Crippen molar-refractivity contribution in [1.82, 2.24) is 15.1 Å².